The van der Waals surface area contributed by atoms with Crippen LogP contribution in [0.25, 0.3) is 10.9 Å². The lowest BCUT2D eigenvalue weighted by Crippen LogP contribution is -2.23. The summed E-state index contributed by atoms with van der Waals surface area (Å²) in [7, 11) is 0. The molecule has 2 heterocycles. The largest absolute Gasteiger partial charge is 0.359 e. The summed E-state index contributed by atoms with van der Waals surface area (Å²) in [5.74, 6) is 0.505. The SMILES string of the molecule is CCCc1cc(CNC(=O)c2cc3cccc(C)c3nc2C)on1. The number of benzene rings is 1. The minimum Gasteiger partial charge on any atom is -0.359 e. The molecular weight excluding hydrogens is 302 g/mol. The van der Waals surface area contributed by atoms with Gasteiger partial charge in [-0.25, -0.2) is 0 Å². The third kappa shape index (κ3) is 3.30. The number of nitrogens with one attached hydrogen (secondary N) is 1. The molecule has 0 saturated carbocycles. The molecule has 0 saturated heterocycles. The van der Waals surface area contributed by atoms with Crippen LogP contribution in [-0.2, 0) is 13.0 Å². The van der Waals surface area contributed by atoms with Crippen LogP contribution in [0.15, 0.2) is 34.9 Å². The van der Waals surface area contributed by atoms with E-state index in [1.807, 2.05) is 44.2 Å². The quantitative estimate of drug-likeness (QED) is 0.777. The number of fused-ring (bicyclic) bond motifs is 1. The number of hydrogen-bond donors (Lipinski definition) is 1. The van der Waals surface area contributed by atoms with E-state index in [-0.39, 0.29) is 5.91 Å². The Balaban J connectivity index is 1.77. The van der Waals surface area contributed by atoms with E-state index >= 15 is 0 Å². The number of rotatable bonds is 5. The molecule has 0 aliphatic carbocycles. The van der Waals surface area contributed by atoms with Crippen molar-refractivity contribution in [2.75, 3.05) is 0 Å². The highest BCUT2D eigenvalue weighted by Crippen LogP contribution is 2.19. The van der Waals surface area contributed by atoms with Crippen LogP contribution >= 0.6 is 0 Å². The van der Waals surface area contributed by atoms with Gasteiger partial charge in [0.15, 0.2) is 5.76 Å². The van der Waals surface area contributed by atoms with Gasteiger partial charge in [0, 0.05) is 11.5 Å². The first-order chi connectivity index (χ1) is 11.6. The molecular formula is C19H21N3O2. The van der Waals surface area contributed by atoms with E-state index in [1.54, 1.807) is 0 Å². The van der Waals surface area contributed by atoms with Crippen LogP contribution in [0.4, 0.5) is 0 Å². The Bertz CT molecular complexity index is 883. The number of nitrogens with zero attached hydrogens (tertiary/aromatic N) is 2. The van der Waals surface area contributed by atoms with Gasteiger partial charge in [-0.3, -0.25) is 9.78 Å². The van der Waals surface area contributed by atoms with Crippen LogP contribution in [0.1, 0.15) is 46.4 Å². The minimum atomic E-state index is -0.156. The van der Waals surface area contributed by atoms with Crippen LogP contribution in [0, 0.1) is 13.8 Å². The number of aromatic nitrogens is 2. The summed E-state index contributed by atoms with van der Waals surface area (Å²) in [5, 5.41) is 7.83. The Hall–Kier alpha value is -2.69. The maximum atomic E-state index is 12.5. The van der Waals surface area contributed by atoms with E-state index in [1.165, 1.54) is 0 Å². The highest BCUT2D eigenvalue weighted by atomic mass is 16.5. The first kappa shape index (κ1) is 16.2. The number of amides is 1. The van der Waals surface area contributed by atoms with Gasteiger partial charge in [0.25, 0.3) is 5.91 Å². The molecule has 2 aromatic heterocycles. The Labute approximate surface area is 141 Å². The summed E-state index contributed by atoms with van der Waals surface area (Å²) in [6.45, 7) is 6.29. The van der Waals surface area contributed by atoms with E-state index in [2.05, 4.69) is 22.4 Å². The van der Waals surface area contributed by atoms with Crippen molar-refractivity contribution >= 4 is 16.8 Å². The van der Waals surface area contributed by atoms with Gasteiger partial charge < -0.3 is 9.84 Å². The Morgan fingerprint density at radius 3 is 2.88 bits per heavy atom. The first-order valence-corrected chi connectivity index (χ1v) is 8.18. The predicted molar refractivity (Wildman–Crippen MR) is 92.9 cm³/mol. The molecule has 3 rings (SSSR count). The van der Waals surface area contributed by atoms with Crippen molar-refractivity contribution in [1.82, 2.24) is 15.5 Å². The van der Waals surface area contributed by atoms with Gasteiger partial charge in [-0.15, -0.1) is 0 Å². The lowest BCUT2D eigenvalue weighted by atomic mass is 10.1. The molecule has 3 aromatic rings. The molecule has 0 aliphatic rings. The van der Waals surface area contributed by atoms with Gasteiger partial charge in [-0.2, -0.15) is 0 Å². The van der Waals surface area contributed by atoms with Crippen molar-refractivity contribution in [1.29, 1.82) is 0 Å². The summed E-state index contributed by atoms with van der Waals surface area (Å²) in [6, 6.07) is 9.74. The van der Waals surface area contributed by atoms with Crippen LogP contribution in [0.3, 0.4) is 0 Å². The fourth-order valence-corrected chi connectivity index (χ4v) is 2.74. The predicted octanol–water partition coefficient (Wildman–Crippen LogP) is 3.72. The molecule has 0 unspecified atom stereocenters. The van der Waals surface area contributed by atoms with Crippen molar-refractivity contribution in [3.63, 3.8) is 0 Å². The average molecular weight is 323 g/mol. The highest BCUT2D eigenvalue weighted by molar-refractivity contribution is 5.98. The van der Waals surface area contributed by atoms with E-state index in [0.717, 1.165) is 40.7 Å². The van der Waals surface area contributed by atoms with Crippen molar-refractivity contribution < 1.29 is 9.32 Å². The molecule has 1 aromatic carbocycles. The van der Waals surface area contributed by atoms with Crippen molar-refractivity contribution in [3.8, 4) is 0 Å². The lowest BCUT2D eigenvalue weighted by Gasteiger charge is -2.09. The molecule has 1 N–H and O–H groups in total. The molecule has 0 spiro atoms. The van der Waals surface area contributed by atoms with Crippen LogP contribution in [-0.4, -0.2) is 16.0 Å². The summed E-state index contributed by atoms with van der Waals surface area (Å²) >= 11 is 0. The number of hydrogen-bond acceptors (Lipinski definition) is 4. The van der Waals surface area contributed by atoms with Gasteiger partial charge in [0.2, 0.25) is 0 Å². The van der Waals surface area contributed by atoms with Gasteiger partial charge >= 0.3 is 0 Å². The second-order valence-electron chi connectivity index (χ2n) is 5.99. The fraction of sp³-hybridized carbons (Fsp3) is 0.316. The van der Waals surface area contributed by atoms with E-state index in [4.69, 9.17) is 4.52 Å². The monoisotopic (exact) mass is 323 g/mol. The topological polar surface area (TPSA) is 68.0 Å². The van der Waals surface area contributed by atoms with Crippen LogP contribution in [0.2, 0.25) is 0 Å². The van der Waals surface area contributed by atoms with Crippen molar-refractivity contribution in [2.45, 2.75) is 40.2 Å². The first-order valence-electron chi connectivity index (χ1n) is 8.18. The maximum Gasteiger partial charge on any atom is 0.253 e. The molecule has 0 atom stereocenters. The molecule has 24 heavy (non-hydrogen) atoms. The molecule has 5 nitrogen and oxygen atoms in total. The number of carbonyl (C=O) groups is 1. The zero-order valence-corrected chi connectivity index (χ0v) is 14.2. The lowest BCUT2D eigenvalue weighted by molar-refractivity contribution is 0.0946. The third-order valence-corrected chi connectivity index (χ3v) is 4.02. The zero-order valence-electron chi connectivity index (χ0n) is 14.2. The van der Waals surface area contributed by atoms with E-state index in [9.17, 15) is 4.79 Å². The van der Waals surface area contributed by atoms with E-state index < -0.39 is 0 Å². The Kier molecular flexibility index (Phi) is 4.60. The molecule has 0 radical (unpaired) electrons. The van der Waals surface area contributed by atoms with Crippen LogP contribution in [0.5, 0.6) is 0 Å². The van der Waals surface area contributed by atoms with Crippen molar-refractivity contribution in [3.05, 3.63) is 58.6 Å². The number of carbonyl (C=O) groups excluding carboxylic acids is 1. The number of pyridine rings is 1. The molecule has 0 fully saturated rings. The molecule has 124 valence electrons. The second kappa shape index (κ2) is 6.83. The zero-order chi connectivity index (χ0) is 17.1. The summed E-state index contributed by atoms with van der Waals surface area (Å²) in [5.41, 5.74) is 4.26. The molecule has 0 aliphatic heterocycles. The smallest absolute Gasteiger partial charge is 0.253 e. The third-order valence-electron chi connectivity index (χ3n) is 4.02. The van der Waals surface area contributed by atoms with Crippen molar-refractivity contribution in [2.24, 2.45) is 0 Å². The highest BCUT2D eigenvalue weighted by Gasteiger charge is 2.13. The summed E-state index contributed by atoms with van der Waals surface area (Å²) in [6.07, 6.45) is 1.89. The fourth-order valence-electron chi connectivity index (χ4n) is 2.74. The number of aryl methyl sites for hydroxylation is 3. The second-order valence-corrected chi connectivity index (χ2v) is 5.99. The van der Waals surface area contributed by atoms with Crippen LogP contribution < -0.4 is 5.32 Å². The maximum absolute atomic E-state index is 12.5. The van der Waals surface area contributed by atoms with Gasteiger partial charge in [0.05, 0.1) is 29.0 Å². The Morgan fingerprint density at radius 2 is 2.08 bits per heavy atom. The molecule has 5 heteroatoms. The summed E-state index contributed by atoms with van der Waals surface area (Å²) in [4.78, 5) is 17.1. The van der Waals surface area contributed by atoms with Gasteiger partial charge in [-0.1, -0.05) is 36.7 Å². The van der Waals surface area contributed by atoms with Gasteiger partial charge in [-0.05, 0) is 31.9 Å². The summed E-state index contributed by atoms with van der Waals surface area (Å²) < 4.78 is 5.24. The van der Waals surface area contributed by atoms with E-state index in [0.29, 0.717) is 17.9 Å². The normalized spacial score (nSPS) is 11.0. The Morgan fingerprint density at radius 1 is 1.25 bits per heavy atom. The number of para-hydroxylation sites is 1. The minimum absolute atomic E-state index is 0.156. The van der Waals surface area contributed by atoms with Gasteiger partial charge in [0.1, 0.15) is 0 Å². The average Bonchev–Trinajstić information content (AvgIpc) is 3.01. The molecule has 0 bridgehead atoms. The molecule has 1 amide bonds. The standard InChI is InChI=1S/C19H21N3O2/c1-4-6-15-10-16(24-22-15)11-20-19(23)17-9-14-8-5-7-12(2)18(14)21-13(17)3/h5,7-10H,4,6,11H2,1-3H3,(H,20,23).